The first-order valence-corrected chi connectivity index (χ1v) is 8.45. The molecule has 146 valence electrons. The van der Waals surface area contributed by atoms with E-state index in [1.807, 2.05) is 0 Å². The highest BCUT2D eigenvalue weighted by Crippen LogP contribution is 2.25. The number of aromatic amines is 1. The van der Waals surface area contributed by atoms with Gasteiger partial charge in [0, 0.05) is 38.3 Å². The number of rotatable bonds is 5. The van der Waals surface area contributed by atoms with Crippen LogP contribution in [0.25, 0.3) is 11.3 Å². The van der Waals surface area contributed by atoms with Gasteiger partial charge >= 0.3 is 6.18 Å². The van der Waals surface area contributed by atoms with E-state index in [1.54, 1.807) is 0 Å². The maximum atomic E-state index is 13.4. The van der Waals surface area contributed by atoms with Gasteiger partial charge < -0.3 is 10.6 Å². The Kier molecular flexibility index (Phi) is 5.76. The lowest BCUT2D eigenvalue weighted by Gasteiger charge is -2.35. The molecule has 1 aliphatic rings. The topological polar surface area (TPSA) is 73.1 Å². The Hall–Kier alpha value is -2.46. The molecule has 1 saturated heterocycles. The Morgan fingerprint density at radius 1 is 1.22 bits per heavy atom. The molecule has 1 fully saturated rings. The highest BCUT2D eigenvalue weighted by Gasteiger charge is 2.43. The zero-order valence-corrected chi connectivity index (χ0v) is 14.3. The molecule has 6 nitrogen and oxygen atoms in total. The molecule has 3 N–H and O–H groups in total. The van der Waals surface area contributed by atoms with Crippen LogP contribution < -0.4 is 10.6 Å². The molecule has 2 heterocycles. The highest BCUT2D eigenvalue weighted by atomic mass is 19.4. The Balaban J connectivity index is 1.64. The number of carbonyl (C=O) groups excluding carboxylic acids is 1. The summed E-state index contributed by atoms with van der Waals surface area (Å²) >= 11 is 0. The minimum Gasteiger partial charge on any atom is -0.349 e. The van der Waals surface area contributed by atoms with Gasteiger partial charge in [-0.2, -0.15) is 18.3 Å². The Labute approximate surface area is 152 Å². The van der Waals surface area contributed by atoms with E-state index < -0.39 is 30.5 Å². The summed E-state index contributed by atoms with van der Waals surface area (Å²) < 4.78 is 53.0. The Morgan fingerprint density at radius 2 is 1.89 bits per heavy atom. The van der Waals surface area contributed by atoms with Gasteiger partial charge in [-0.25, -0.2) is 4.39 Å². The van der Waals surface area contributed by atoms with E-state index in [4.69, 9.17) is 0 Å². The van der Waals surface area contributed by atoms with E-state index in [2.05, 4.69) is 20.8 Å². The molecule has 0 aliphatic carbocycles. The predicted octanol–water partition coefficient (Wildman–Crippen LogP) is 1.78. The molecule has 0 radical (unpaired) electrons. The molecule has 0 bridgehead atoms. The van der Waals surface area contributed by atoms with Crippen molar-refractivity contribution in [3.63, 3.8) is 0 Å². The highest BCUT2D eigenvalue weighted by molar-refractivity contribution is 5.93. The van der Waals surface area contributed by atoms with Gasteiger partial charge in [-0.3, -0.25) is 14.8 Å². The summed E-state index contributed by atoms with van der Waals surface area (Å²) in [6.45, 7) is 0.926. The monoisotopic (exact) mass is 385 g/mol. The third kappa shape index (κ3) is 4.83. The van der Waals surface area contributed by atoms with Gasteiger partial charge in [0.1, 0.15) is 17.6 Å². The van der Waals surface area contributed by atoms with Crippen molar-refractivity contribution in [3.05, 3.63) is 41.8 Å². The standard InChI is InChI=1S/C17H19F4N5O/c18-12-3-1-11(2-4-12)13-9-14(25-24-13)16(27)23-10-15(17(19,20)21)26-7-5-22-6-8-26/h1-4,9,15,22H,5-8,10H2,(H,23,27)(H,24,25). The number of benzene rings is 1. The third-order valence-corrected chi connectivity index (χ3v) is 4.39. The zero-order valence-electron chi connectivity index (χ0n) is 14.3. The molecular formula is C17H19F4N5O. The number of hydrogen-bond donors (Lipinski definition) is 3. The quantitative estimate of drug-likeness (QED) is 0.686. The van der Waals surface area contributed by atoms with Gasteiger partial charge in [0.25, 0.3) is 5.91 Å². The summed E-state index contributed by atoms with van der Waals surface area (Å²) in [7, 11) is 0. The van der Waals surface area contributed by atoms with Crippen LogP contribution in [-0.2, 0) is 0 Å². The molecule has 1 atom stereocenters. The number of carbonyl (C=O) groups is 1. The summed E-state index contributed by atoms with van der Waals surface area (Å²) in [5.41, 5.74) is 1.02. The molecule has 1 aromatic heterocycles. The van der Waals surface area contributed by atoms with Gasteiger partial charge in [-0.1, -0.05) is 0 Å². The second-order valence-electron chi connectivity index (χ2n) is 6.23. The number of aromatic nitrogens is 2. The van der Waals surface area contributed by atoms with Gasteiger partial charge in [-0.15, -0.1) is 0 Å². The van der Waals surface area contributed by atoms with Crippen LogP contribution in [0.2, 0.25) is 0 Å². The van der Waals surface area contributed by atoms with E-state index in [-0.39, 0.29) is 18.8 Å². The molecule has 0 saturated carbocycles. The average molecular weight is 385 g/mol. The number of piperazine rings is 1. The normalized spacial score (nSPS) is 16.9. The van der Waals surface area contributed by atoms with Crippen LogP contribution in [0.4, 0.5) is 17.6 Å². The lowest BCUT2D eigenvalue weighted by Crippen LogP contribution is -2.57. The second-order valence-corrected chi connectivity index (χ2v) is 6.23. The maximum Gasteiger partial charge on any atom is 0.405 e. The summed E-state index contributed by atoms with van der Waals surface area (Å²) in [6.07, 6.45) is -4.45. The SMILES string of the molecule is O=C(NCC(N1CCNCC1)C(F)(F)F)c1cc(-c2ccc(F)cc2)n[nH]1. The van der Waals surface area contributed by atoms with E-state index in [1.165, 1.54) is 35.2 Å². The van der Waals surface area contributed by atoms with E-state index in [0.29, 0.717) is 24.3 Å². The van der Waals surface area contributed by atoms with Gasteiger partial charge in [0.05, 0.1) is 5.69 Å². The minimum atomic E-state index is -4.45. The number of hydrogen-bond acceptors (Lipinski definition) is 4. The second kappa shape index (κ2) is 8.05. The van der Waals surface area contributed by atoms with E-state index >= 15 is 0 Å². The van der Waals surface area contributed by atoms with Crippen molar-refractivity contribution >= 4 is 5.91 Å². The van der Waals surface area contributed by atoms with Crippen molar-refractivity contribution in [2.24, 2.45) is 0 Å². The van der Waals surface area contributed by atoms with E-state index in [0.717, 1.165) is 0 Å². The molecule has 1 amide bonds. The van der Waals surface area contributed by atoms with Crippen molar-refractivity contribution < 1.29 is 22.4 Å². The summed E-state index contributed by atoms with van der Waals surface area (Å²) in [5.74, 6) is -1.08. The lowest BCUT2D eigenvalue weighted by molar-refractivity contribution is -0.183. The summed E-state index contributed by atoms with van der Waals surface area (Å²) in [6, 6.07) is 5.17. The third-order valence-electron chi connectivity index (χ3n) is 4.39. The van der Waals surface area contributed by atoms with Crippen LogP contribution in [0.5, 0.6) is 0 Å². The first-order valence-electron chi connectivity index (χ1n) is 8.45. The van der Waals surface area contributed by atoms with Gasteiger partial charge in [0.15, 0.2) is 0 Å². The van der Waals surface area contributed by atoms with Crippen LogP contribution in [0.3, 0.4) is 0 Å². The molecule has 10 heteroatoms. The van der Waals surface area contributed by atoms with Crippen LogP contribution in [0, 0.1) is 5.82 Å². The molecule has 1 aromatic carbocycles. The van der Waals surface area contributed by atoms with Crippen molar-refractivity contribution in [2.45, 2.75) is 12.2 Å². The maximum absolute atomic E-state index is 13.4. The van der Waals surface area contributed by atoms with Crippen LogP contribution >= 0.6 is 0 Å². The average Bonchev–Trinajstić information content (AvgIpc) is 3.12. The molecule has 1 unspecified atom stereocenters. The first kappa shape index (κ1) is 19.3. The largest absolute Gasteiger partial charge is 0.405 e. The fourth-order valence-electron chi connectivity index (χ4n) is 2.94. The number of H-pyrrole nitrogens is 1. The fraction of sp³-hybridized carbons (Fsp3) is 0.412. The zero-order chi connectivity index (χ0) is 19.4. The minimum absolute atomic E-state index is 0.0376. The molecule has 3 rings (SSSR count). The molecule has 27 heavy (non-hydrogen) atoms. The molecule has 2 aromatic rings. The number of amides is 1. The lowest BCUT2D eigenvalue weighted by atomic mass is 10.1. The smallest absolute Gasteiger partial charge is 0.349 e. The van der Waals surface area contributed by atoms with Crippen molar-refractivity contribution in [2.75, 3.05) is 32.7 Å². The predicted molar refractivity (Wildman–Crippen MR) is 90.6 cm³/mol. The number of halogens is 4. The number of nitrogens with one attached hydrogen (secondary N) is 3. The molecule has 1 aliphatic heterocycles. The van der Waals surface area contributed by atoms with Crippen molar-refractivity contribution in [1.29, 1.82) is 0 Å². The Morgan fingerprint density at radius 3 is 2.52 bits per heavy atom. The summed E-state index contributed by atoms with van der Waals surface area (Å²) in [4.78, 5) is 13.5. The molecule has 0 spiro atoms. The van der Waals surface area contributed by atoms with E-state index in [9.17, 15) is 22.4 Å². The summed E-state index contributed by atoms with van der Waals surface area (Å²) in [5, 5.41) is 11.8. The number of nitrogens with zero attached hydrogens (tertiary/aromatic N) is 2. The number of alkyl halides is 3. The van der Waals surface area contributed by atoms with Crippen molar-refractivity contribution in [3.8, 4) is 11.3 Å². The van der Waals surface area contributed by atoms with Crippen LogP contribution in [0.1, 0.15) is 10.5 Å². The van der Waals surface area contributed by atoms with Crippen LogP contribution in [-0.4, -0.2) is 65.9 Å². The Bertz CT molecular complexity index is 768. The first-order chi connectivity index (χ1) is 12.8. The van der Waals surface area contributed by atoms with Gasteiger partial charge in [-0.05, 0) is 30.3 Å². The van der Waals surface area contributed by atoms with Crippen LogP contribution in [0.15, 0.2) is 30.3 Å². The van der Waals surface area contributed by atoms with Gasteiger partial charge in [0.2, 0.25) is 0 Å². The van der Waals surface area contributed by atoms with Crippen molar-refractivity contribution in [1.82, 2.24) is 25.7 Å². The fourth-order valence-corrected chi connectivity index (χ4v) is 2.94. The molecular weight excluding hydrogens is 366 g/mol.